The van der Waals surface area contributed by atoms with E-state index in [1.165, 1.54) is 0 Å². The molecule has 1 aromatic heterocycles. The van der Waals surface area contributed by atoms with Crippen molar-refractivity contribution in [2.45, 2.75) is 20.3 Å². The fourth-order valence-electron chi connectivity index (χ4n) is 2.00. The van der Waals surface area contributed by atoms with Gasteiger partial charge in [-0.1, -0.05) is 37.0 Å². The van der Waals surface area contributed by atoms with Gasteiger partial charge < -0.3 is 9.52 Å². The molecular weight excluding hydrogens is 355 g/mol. The summed E-state index contributed by atoms with van der Waals surface area (Å²) in [5, 5.41) is 10.6. The molecule has 2 rings (SSSR count). The number of carbonyl (C=O) groups is 1. The Kier molecular flexibility index (Phi) is 4.14. The second kappa shape index (κ2) is 5.35. The molecule has 0 saturated carbocycles. The minimum absolute atomic E-state index is 0.0920. The normalized spacial score (nSPS) is 11.5. The summed E-state index contributed by atoms with van der Waals surface area (Å²) in [4.78, 5) is 11.3. The van der Waals surface area contributed by atoms with E-state index in [1.54, 1.807) is 6.07 Å². The highest BCUT2D eigenvalue weighted by Gasteiger charge is 2.25. The van der Waals surface area contributed by atoms with E-state index in [9.17, 15) is 9.90 Å². The van der Waals surface area contributed by atoms with Crippen LogP contribution >= 0.6 is 39.1 Å². The summed E-state index contributed by atoms with van der Waals surface area (Å²) >= 11 is 15.6. The number of furan rings is 1. The quantitative estimate of drug-likeness (QED) is 0.741. The number of halogens is 3. The molecule has 1 N–H and O–H groups in total. The van der Waals surface area contributed by atoms with Gasteiger partial charge in [0.15, 0.2) is 5.58 Å². The van der Waals surface area contributed by atoms with Crippen molar-refractivity contribution in [3.8, 4) is 0 Å². The third-order valence-corrected chi connectivity index (χ3v) is 4.24. The Hall–Kier alpha value is -0.710. The first-order chi connectivity index (χ1) is 8.82. The lowest BCUT2D eigenvalue weighted by molar-refractivity contribution is 0.0663. The minimum atomic E-state index is -1.12. The summed E-state index contributed by atoms with van der Waals surface area (Å²) in [6.07, 6.45) is 0.557. The average molecular weight is 366 g/mol. The van der Waals surface area contributed by atoms with Crippen LogP contribution in [0.25, 0.3) is 11.0 Å². The maximum absolute atomic E-state index is 11.3. The lowest BCUT2D eigenvalue weighted by atomic mass is 10.00. The van der Waals surface area contributed by atoms with E-state index in [2.05, 4.69) is 15.9 Å². The number of carboxylic acids is 1. The predicted octanol–water partition coefficient (Wildman–Crippen LogP) is 5.40. The fraction of sp³-hybridized carbons (Fsp3) is 0.308. The van der Waals surface area contributed by atoms with Crippen molar-refractivity contribution < 1.29 is 14.3 Å². The van der Waals surface area contributed by atoms with Crippen molar-refractivity contribution in [1.29, 1.82) is 0 Å². The number of hydrogen-bond acceptors (Lipinski definition) is 2. The van der Waals surface area contributed by atoms with E-state index in [-0.39, 0.29) is 11.7 Å². The summed E-state index contributed by atoms with van der Waals surface area (Å²) in [6, 6.07) is 1.60. The minimum Gasteiger partial charge on any atom is -0.475 e. The number of hydrogen-bond donors (Lipinski definition) is 1. The van der Waals surface area contributed by atoms with Gasteiger partial charge in [-0.15, -0.1) is 0 Å². The number of aromatic carboxylic acids is 1. The zero-order chi connectivity index (χ0) is 14.3. The lowest BCUT2D eigenvalue weighted by Crippen LogP contribution is -2.02. The van der Waals surface area contributed by atoms with Crippen molar-refractivity contribution in [1.82, 2.24) is 0 Å². The summed E-state index contributed by atoms with van der Waals surface area (Å²) in [5.74, 6) is -0.937. The van der Waals surface area contributed by atoms with Gasteiger partial charge in [0.1, 0.15) is 0 Å². The molecule has 0 fully saturated rings. The Bertz CT molecular complexity index is 662. The van der Waals surface area contributed by atoms with Gasteiger partial charge in [-0.25, -0.2) is 4.79 Å². The molecule has 2 aromatic rings. The third-order valence-electron chi connectivity index (χ3n) is 2.71. The van der Waals surface area contributed by atoms with Crippen LogP contribution in [0.2, 0.25) is 10.0 Å². The van der Waals surface area contributed by atoms with Crippen LogP contribution in [-0.2, 0) is 6.42 Å². The van der Waals surface area contributed by atoms with Crippen LogP contribution in [0.3, 0.4) is 0 Å². The SMILES string of the molecule is CC(C)Cc1c(C(=O)O)oc2c(Cl)cc(Br)c(Cl)c12. The highest BCUT2D eigenvalue weighted by molar-refractivity contribution is 9.10. The van der Waals surface area contributed by atoms with Crippen LogP contribution in [0.4, 0.5) is 0 Å². The molecule has 0 amide bonds. The van der Waals surface area contributed by atoms with E-state index in [0.717, 1.165) is 0 Å². The summed E-state index contributed by atoms with van der Waals surface area (Å²) in [7, 11) is 0. The zero-order valence-corrected chi connectivity index (χ0v) is 13.4. The van der Waals surface area contributed by atoms with Crippen LogP contribution in [0.5, 0.6) is 0 Å². The second-order valence-electron chi connectivity index (χ2n) is 4.67. The molecule has 3 nitrogen and oxygen atoms in total. The molecule has 0 radical (unpaired) electrons. The van der Waals surface area contributed by atoms with Crippen LogP contribution < -0.4 is 0 Å². The van der Waals surface area contributed by atoms with Crippen LogP contribution in [0.15, 0.2) is 15.0 Å². The van der Waals surface area contributed by atoms with E-state index < -0.39 is 5.97 Å². The molecule has 0 bridgehead atoms. The smallest absolute Gasteiger partial charge is 0.372 e. The van der Waals surface area contributed by atoms with Crippen LogP contribution in [-0.4, -0.2) is 11.1 Å². The second-order valence-corrected chi connectivity index (χ2v) is 6.31. The number of benzene rings is 1. The average Bonchev–Trinajstić information content (AvgIpc) is 2.65. The van der Waals surface area contributed by atoms with Crippen molar-refractivity contribution in [3.05, 3.63) is 31.9 Å². The molecule has 0 saturated heterocycles. The van der Waals surface area contributed by atoms with Gasteiger partial charge in [0, 0.05) is 15.4 Å². The van der Waals surface area contributed by atoms with Crippen molar-refractivity contribution in [3.63, 3.8) is 0 Å². The molecule has 1 heterocycles. The first-order valence-corrected chi connectivity index (χ1v) is 7.20. The van der Waals surface area contributed by atoms with Crippen molar-refractivity contribution in [2.24, 2.45) is 5.92 Å². The van der Waals surface area contributed by atoms with Crippen molar-refractivity contribution in [2.75, 3.05) is 0 Å². The Morgan fingerprint density at radius 3 is 2.63 bits per heavy atom. The standard InChI is InChI=1S/C13H11BrCl2O3/c1-5(2)3-6-9-10(16)7(14)4-8(15)12(9)19-11(6)13(17)18/h4-5H,3H2,1-2H3,(H,17,18). The molecule has 6 heteroatoms. The van der Waals surface area contributed by atoms with Gasteiger partial charge in [-0.3, -0.25) is 0 Å². The van der Waals surface area contributed by atoms with E-state index >= 15 is 0 Å². The van der Waals surface area contributed by atoms with Gasteiger partial charge >= 0.3 is 5.97 Å². The monoisotopic (exact) mass is 364 g/mol. The van der Waals surface area contributed by atoms with Crippen LogP contribution in [0, 0.1) is 5.92 Å². The van der Waals surface area contributed by atoms with E-state index in [1.807, 2.05) is 13.8 Å². The van der Waals surface area contributed by atoms with E-state index in [4.69, 9.17) is 27.6 Å². The molecule has 0 atom stereocenters. The fourth-order valence-corrected chi connectivity index (χ4v) is 3.06. The summed E-state index contributed by atoms with van der Waals surface area (Å²) < 4.78 is 6.01. The van der Waals surface area contributed by atoms with Gasteiger partial charge in [0.25, 0.3) is 0 Å². The highest BCUT2D eigenvalue weighted by Crippen LogP contribution is 2.41. The zero-order valence-electron chi connectivity index (χ0n) is 10.3. The molecule has 1 aromatic carbocycles. The summed E-state index contributed by atoms with van der Waals surface area (Å²) in [5.41, 5.74) is 0.911. The molecule has 0 unspecified atom stereocenters. The first-order valence-electron chi connectivity index (χ1n) is 5.65. The topological polar surface area (TPSA) is 50.4 Å². The molecule has 0 aliphatic rings. The largest absolute Gasteiger partial charge is 0.475 e. The third kappa shape index (κ3) is 2.62. The molecule has 0 spiro atoms. The molecule has 0 aliphatic heterocycles. The number of carboxylic acid groups (broad SMARTS) is 1. The number of rotatable bonds is 3. The Morgan fingerprint density at radius 2 is 2.11 bits per heavy atom. The van der Waals surface area contributed by atoms with Gasteiger partial charge in [-0.05, 0) is 34.3 Å². The van der Waals surface area contributed by atoms with E-state index in [0.29, 0.717) is 37.5 Å². The highest BCUT2D eigenvalue weighted by atomic mass is 79.9. The van der Waals surface area contributed by atoms with Gasteiger partial charge in [0.2, 0.25) is 5.76 Å². The molecule has 19 heavy (non-hydrogen) atoms. The summed E-state index contributed by atoms with van der Waals surface area (Å²) in [6.45, 7) is 4.00. The Labute approximate surface area is 128 Å². The molecular formula is C13H11BrCl2O3. The van der Waals surface area contributed by atoms with Gasteiger partial charge in [0.05, 0.1) is 10.0 Å². The molecule has 0 aliphatic carbocycles. The van der Waals surface area contributed by atoms with Crippen LogP contribution in [0.1, 0.15) is 30.0 Å². The van der Waals surface area contributed by atoms with Crippen molar-refractivity contribution >= 4 is 56.1 Å². The maximum Gasteiger partial charge on any atom is 0.372 e. The maximum atomic E-state index is 11.3. The number of fused-ring (bicyclic) bond motifs is 1. The lowest BCUT2D eigenvalue weighted by Gasteiger charge is -2.06. The predicted molar refractivity (Wildman–Crippen MR) is 79.4 cm³/mol. The first kappa shape index (κ1) is 14.7. The molecule has 102 valence electrons. The van der Waals surface area contributed by atoms with Gasteiger partial charge in [-0.2, -0.15) is 0 Å². The Morgan fingerprint density at radius 1 is 1.47 bits per heavy atom. The Balaban J connectivity index is 2.87.